The second-order valence-electron chi connectivity index (χ2n) is 1.47. The largest absolute Gasteiger partial charge is 0.228 e. The van der Waals surface area contributed by atoms with Crippen molar-refractivity contribution in [1.29, 1.82) is 0 Å². The summed E-state index contributed by atoms with van der Waals surface area (Å²) in [6.07, 6.45) is 0. The van der Waals surface area contributed by atoms with Gasteiger partial charge in [-0.2, -0.15) is 0 Å². The van der Waals surface area contributed by atoms with E-state index in [1.807, 2.05) is 0 Å². The van der Waals surface area contributed by atoms with Crippen molar-refractivity contribution in [3.8, 4) is 0 Å². The Morgan fingerprint density at radius 3 is 2.29 bits per heavy atom. The van der Waals surface area contributed by atoms with E-state index in [4.69, 9.17) is 0 Å². The molecular weight excluding hydrogens is 132 g/mol. The Labute approximate surface area is 47.2 Å². The van der Waals surface area contributed by atoms with Gasteiger partial charge in [-0.3, -0.25) is 0 Å². The van der Waals surface area contributed by atoms with Crippen LogP contribution in [0.3, 0.4) is 0 Å². The minimum Gasteiger partial charge on any atom is -0.228 e. The van der Waals surface area contributed by atoms with Crippen molar-refractivity contribution in [1.82, 2.24) is 0 Å². The highest BCUT2D eigenvalue weighted by Crippen LogP contribution is 2.14. The summed E-state index contributed by atoms with van der Waals surface area (Å²) >= 11 is 1.49. The lowest BCUT2D eigenvalue weighted by Gasteiger charge is -1.80. The molecule has 1 aliphatic rings. The molecular formula is C3H6O2S2. The molecule has 0 atom stereocenters. The molecule has 42 valence electrons. The molecule has 1 aliphatic heterocycles. The molecule has 0 aromatic carbocycles. The van der Waals surface area contributed by atoms with Crippen LogP contribution in [0, 0.1) is 0 Å². The van der Waals surface area contributed by atoms with Crippen LogP contribution in [0.25, 0.3) is 0 Å². The molecule has 0 bridgehead atoms. The monoisotopic (exact) mass is 138 g/mol. The second-order valence-corrected chi connectivity index (χ2v) is 5.13. The van der Waals surface area contributed by atoms with Crippen molar-refractivity contribution in [3.05, 3.63) is 0 Å². The molecule has 0 amide bonds. The average molecular weight is 138 g/mol. The summed E-state index contributed by atoms with van der Waals surface area (Å²) in [6.45, 7) is 0. The van der Waals surface area contributed by atoms with Crippen molar-refractivity contribution in [2.45, 2.75) is 0 Å². The molecule has 0 unspecified atom stereocenters. The molecule has 0 N–H and O–H groups in total. The van der Waals surface area contributed by atoms with Gasteiger partial charge in [-0.05, 0) is 0 Å². The van der Waals surface area contributed by atoms with Crippen molar-refractivity contribution >= 4 is 21.6 Å². The molecule has 1 rings (SSSR count). The van der Waals surface area contributed by atoms with Crippen LogP contribution < -0.4 is 0 Å². The zero-order chi connectivity index (χ0) is 5.33. The lowest BCUT2D eigenvalue weighted by molar-refractivity contribution is 0.603. The van der Waals surface area contributed by atoms with E-state index in [-0.39, 0.29) is 0 Å². The minimum absolute atomic E-state index is 0.340. The van der Waals surface area contributed by atoms with Gasteiger partial charge in [-0.25, -0.2) is 8.42 Å². The SMILES string of the molecule is O=S1(=O)CCSC1. The number of hydrogen-bond donors (Lipinski definition) is 0. The Kier molecular flexibility index (Phi) is 1.30. The third kappa shape index (κ3) is 1.35. The number of sulfone groups is 1. The van der Waals surface area contributed by atoms with E-state index < -0.39 is 9.84 Å². The summed E-state index contributed by atoms with van der Waals surface area (Å²) < 4.78 is 20.8. The van der Waals surface area contributed by atoms with Crippen LogP contribution in [0.5, 0.6) is 0 Å². The molecule has 0 spiro atoms. The van der Waals surface area contributed by atoms with E-state index in [0.717, 1.165) is 5.75 Å². The summed E-state index contributed by atoms with van der Waals surface area (Å²) in [6, 6.07) is 0. The molecule has 7 heavy (non-hydrogen) atoms. The lowest BCUT2D eigenvalue weighted by Crippen LogP contribution is -1.99. The maximum atomic E-state index is 10.4. The quantitative estimate of drug-likeness (QED) is 0.476. The maximum Gasteiger partial charge on any atom is 0.160 e. The van der Waals surface area contributed by atoms with E-state index in [1.165, 1.54) is 11.8 Å². The van der Waals surface area contributed by atoms with Crippen molar-refractivity contribution in [2.75, 3.05) is 16.6 Å². The Morgan fingerprint density at radius 2 is 2.14 bits per heavy atom. The van der Waals surface area contributed by atoms with Crippen LogP contribution in [0.4, 0.5) is 0 Å². The van der Waals surface area contributed by atoms with E-state index >= 15 is 0 Å². The predicted octanol–water partition coefficient (Wildman–Crippen LogP) is 0.106. The summed E-state index contributed by atoms with van der Waals surface area (Å²) in [5.74, 6) is 1.18. The molecule has 0 aromatic heterocycles. The van der Waals surface area contributed by atoms with Gasteiger partial charge in [0.25, 0.3) is 0 Å². The van der Waals surface area contributed by atoms with Crippen LogP contribution in [-0.2, 0) is 9.84 Å². The number of rotatable bonds is 0. The van der Waals surface area contributed by atoms with Gasteiger partial charge in [0.2, 0.25) is 0 Å². The molecule has 0 radical (unpaired) electrons. The number of hydrogen-bond acceptors (Lipinski definition) is 3. The maximum absolute atomic E-state index is 10.4. The Morgan fingerprint density at radius 1 is 1.43 bits per heavy atom. The molecule has 0 aliphatic carbocycles. The van der Waals surface area contributed by atoms with Crippen LogP contribution in [0.2, 0.25) is 0 Å². The molecule has 1 saturated heterocycles. The standard InChI is InChI=1S/C3H6O2S2/c4-7(5)2-1-6-3-7/h1-3H2. The first kappa shape index (κ1) is 5.44. The van der Waals surface area contributed by atoms with Gasteiger partial charge in [0.05, 0.1) is 10.8 Å². The van der Waals surface area contributed by atoms with Gasteiger partial charge in [0.15, 0.2) is 9.84 Å². The fourth-order valence-electron chi connectivity index (χ4n) is 0.431. The topological polar surface area (TPSA) is 34.1 Å². The van der Waals surface area contributed by atoms with Crippen molar-refractivity contribution in [2.24, 2.45) is 0 Å². The predicted molar refractivity (Wildman–Crippen MR) is 31.1 cm³/mol. The van der Waals surface area contributed by atoms with Crippen LogP contribution in [0.15, 0.2) is 0 Å². The third-order valence-corrected chi connectivity index (χ3v) is 4.48. The van der Waals surface area contributed by atoms with Gasteiger partial charge in [-0.15, -0.1) is 11.8 Å². The van der Waals surface area contributed by atoms with Gasteiger partial charge < -0.3 is 0 Å². The summed E-state index contributed by atoms with van der Waals surface area (Å²) in [7, 11) is -2.58. The van der Waals surface area contributed by atoms with E-state index in [0.29, 0.717) is 10.8 Å². The molecule has 1 fully saturated rings. The summed E-state index contributed by atoms with van der Waals surface area (Å²) in [4.78, 5) is 0. The van der Waals surface area contributed by atoms with Gasteiger partial charge in [0, 0.05) is 5.75 Å². The van der Waals surface area contributed by atoms with Crippen LogP contribution in [0.1, 0.15) is 0 Å². The molecule has 0 saturated carbocycles. The van der Waals surface area contributed by atoms with Gasteiger partial charge in [-0.1, -0.05) is 0 Å². The molecule has 2 nitrogen and oxygen atoms in total. The third-order valence-electron chi connectivity index (χ3n) is 0.802. The fourth-order valence-corrected chi connectivity index (χ4v) is 3.88. The minimum atomic E-state index is -2.58. The van der Waals surface area contributed by atoms with Crippen molar-refractivity contribution in [3.63, 3.8) is 0 Å². The van der Waals surface area contributed by atoms with Gasteiger partial charge in [0.1, 0.15) is 0 Å². The first-order chi connectivity index (χ1) is 3.21. The first-order valence-electron chi connectivity index (χ1n) is 1.99. The zero-order valence-electron chi connectivity index (χ0n) is 3.75. The van der Waals surface area contributed by atoms with E-state index in [9.17, 15) is 8.42 Å². The van der Waals surface area contributed by atoms with Gasteiger partial charge >= 0.3 is 0 Å². The smallest absolute Gasteiger partial charge is 0.160 e. The fraction of sp³-hybridized carbons (Fsp3) is 1.00. The summed E-state index contributed by atoms with van der Waals surface area (Å²) in [5, 5.41) is 0.340. The highest BCUT2D eigenvalue weighted by molar-refractivity contribution is 8.15. The first-order valence-corrected chi connectivity index (χ1v) is 4.96. The number of thioether (sulfide) groups is 1. The molecule has 1 heterocycles. The van der Waals surface area contributed by atoms with Crippen LogP contribution >= 0.6 is 11.8 Å². The zero-order valence-corrected chi connectivity index (χ0v) is 5.39. The second kappa shape index (κ2) is 1.67. The Hall–Kier alpha value is 0.300. The van der Waals surface area contributed by atoms with Crippen LogP contribution in [-0.4, -0.2) is 25.0 Å². The molecule has 4 heteroatoms. The van der Waals surface area contributed by atoms with E-state index in [2.05, 4.69) is 0 Å². The summed E-state index contributed by atoms with van der Waals surface area (Å²) in [5.41, 5.74) is 0. The highest BCUT2D eigenvalue weighted by Gasteiger charge is 2.16. The highest BCUT2D eigenvalue weighted by atomic mass is 32.3. The Balaban J connectivity index is 2.76. The van der Waals surface area contributed by atoms with E-state index in [1.54, 1.807) is 0 Å². The normalized spacial score (nSPS) is 28.0. The average Bonchev–Trinajstić information content (AvgIpc) is 1.84. The Bertz CT molecular complexity index is 134. The van der Waals surface area contributed by atoms with Crippen molar-refractivity contribution < 1.29 is 8.42 Å². The lowest BCUT2D eigenvalue weighted by atomic mass is 11.0. The molecule has 0 aromatic rings.